The van der Waals surface area contributed by atoms with Crippen LogP contribution in [0.4, 0.5) is 0 Å². The lowest BCUT2D eigenvalue weighted by Crippen LogP contribution is -2.22. The molecule has 2 rings (SSSR count). The Morgan fingerprint density at radius 3 is 3.20 bits per heavy atom. The molecule has 0 atom stereocenters. The summed E-state index contributed by atoms with van der Waals surface area (Å²) < 4.78 is 0. The van der Waals surface area contributed by atoms with Gasteiger partial charge >= 0.3 is 0 Å². The zero-order valence-corrected chi connectivity index (χ0v) is 9.40. The van der Waals surface area contributed by atoms with Crippen LogP contribution in [0.3, 0.4) is 0 Å². The summed E-state index contributed by atoms with van der Waals surface area (Å²) in [6.07, 6.45) is 2.56. The third-order valence-electron chi connectivity index (χ3n) is 2.50. The summed E-state index contributed by atoms with van der Waals surface area (Å²) in [4.78, 5) is 19.0. The Bertz CT molecular complexity index is 402. The number of thioether (sulfide) groups is 1. The van der Waals surface area contributed by atoms with Gasteiger partial charge in [-0.05, 0) is 25.1 Å². The van der Waals surface area contributed by atoms with Gasteiger partial charge in [0.2, 0.25) is 0 Å². The van der Waals surface area contributed by atoms with E-state index in [1.54, 1.807) is 11.8 Å². The molecule has 0 aliphatic carbocycles. The van der Waals surface area contributed by atoms with Gasteiger partial charge in [0.25, 0.3) is 5.56 Å². The Labute approximate surface area is 92.7 Å². The molecule has 0 saturated carbocycles. The molecule has 0 bridgehead atoms. The van der Waals surface area contributed by atoms with Crippen molar-refractivity contribution in [3.05, 3.63) is 27.4 Å². The zero-order chi connectivity index (χ0) is 10.7. The highest BCUT2D eigenvalue weighted by molar-refractivity contribution is 7.98. The summed E-state index contributed by atoms with van der Waals surface area (Å²) in [6.45, 7) is 0.636. The van der Waals surface area contributed by atoms with Crippen LogP contribution in [-0.4, -0.2) is 22.3 Å². The van der Waals surface area contributed by atoms with Gasteiger partial charge in [0.1, 0.15) is 5.82 Å². The number of nitrogens with one attached hydrogen (secondary N) is 1. The molecular formula is C10H15N3OS. The first-order valence-corrected chi connectivity index (χ1v) is 6.35. The quantitative estimate of drug-likeness (QED) is 0.783. The Morgan fingerprint density at radius 1 is 1.53 bits per heavy atom. The standard InChI is InChI=1S/C10H15N3OS/c11-4-1-2-9-12-8-3-5-15-6-7(8)10(14)13-9/h1-6,11H2,(H,12,13,14). The molecule has 1 aliphatic rings. The Hall–Kier alpha value is -0.810. The van der Waals surface area contributed by atoms with Crippen LogP contribution in [-0.2, 0) is 18.6 Å². The summed E-state index contributed by atoms with van der Waals surface area (Å²) in [7, 11) is 0. The van der Waals surface area contributed by atoms with Crippen molar-refractivity contribution in [2.45, 2.75) is 25.0 Å². The van der Waals surface area contributed by atoms with E-state index >= 15 is 0 Å². The Morgan fingerprint density at radius 2 is 2.40 bits per heavy atom. The smallest absolute Gasteiger partial charge is 0.255 e. The molecule has 0 radical (unpaired) electrons. The number of hydrogen-bond acceptors (Lipinski definition) is 4. The SMILES string of the molecule is NCCCc1nc2c(c(=O)[nH]1)CSCC2. The zero-order valence-electron chi connectivity index (χ0n) is 8.58. The van der Waals surface area contributed by atoms with Crippen molar-refractivity contribution in [3.63, 3.8) is 0 Å². The van der Waals surface area contributed by atoms with E-state index in [9.17, 15) is 4.79 Å². The summed E-state index contributed by atoms with van der Waals surface area (Å²) in [5.41, 5.74) is 7.32. The number of aromatic amines is 1. The predicted molar refractivity (Wildman–Crippen MR) is 62.1 cm³/mol. The van der Waals surface area contributed by atoms with E-state index in [1.165, 1.54) is 0 Å². The van der Waals surface area contributed by atoms with Crippen molar-refractivity contribution in [1.82, 2.24) is 9.97 Å². The van der Waals surface area contributed by atoms with Crippen LogP contribution in [0.15, 0.2) is 4.79 Å². The normalized spacial score (nSPS) is 15.0. The maximum Gasteiger partial charge on any atom is 0.255 e. The summed E-state index contributed by atoms with van der Waals surface area (Å²) in [5.74, 6) is 2.66. The van der Waals surface area contributed by atoms with Crippen molar-refractivity contribution < 1.29 is 0 Å². The van der Waals surface area contributed by atoms with Crippen LogP contribution in [0.1, 0.15) is 23.5 Å². The van der Waals surface area contributed by atoms with Gasteiger partial charge in [0.05, 0.1) is 5.69 Å². The lowest BCUT2D eigenvalue weighted by Gasteiger charge is -2.14. The molecule has 0 amide bonds. The van der Waals surface area contributed by atoms with E-state index in [-0.39, 0.29) is 5.56 Å². The molecule has 4 nitrogen and oxygen atoms in total. The van der Waals surface area contributed by atoms with Gasteiger partial charge in [0, 0.05) is 17.7 Å². The highest BCUT2D eigenvalue weighted by Gasteiger charge is 2.15. The first-order valence-electron chi connectivity index (χ1n) is 5.20. The molecule has 1 aliphatic heterocycles. The Balaban J connectivity index is 2.28. The van der Waals surface area contributed by atoms with Crippen molar-refractivity contribution in [2.24, 2.45) is 5.73 Å². The van der Waals surface area contributed by atoms with Crippen LogP contribution in [0, 0.1) is 0 Å². The van der Waals surface area contributed by atoms with Crippen LogP contribution < -0.4 is 11.3 Å². The van der Waals surface area contributed by atoms with Crippen LogP contribution in [0.25, 0.3) is 0 Å². The molecule has 1 aromatic rings. The second kappa shape index (κ2) is 4.81. The van der Waals surface area contributed by atoms with E-state index in [4.69, 9.17) is 5.73 Å². The van der Waals surface area contributed by atoms with Gasteiger partial charge in [0.15, 0.2) is 0 Å². The fourth-order valence-corrected chi connectivity index (χ4v) is 2.67. The second-order valence-electron chi connectivity index (χ2n) is 3.63. The first-order chi connectivity index (χ1) is 7.31. The molecule has 3 N–H and O–H groups in total. The second-order valence-corrected chi connectivity index (χ2v) is 4.74. The number of hydrogen-bond donors (Lipinski definition) is 2. The molecule has 0 saturated heterocycles. The number of nitrogens with two attached hydrogens (primary N) is 1. The fourth-order valence-electron chi connectivity index (χ4n) is 1.68. The minimum atomic E-state index is 0.0409. The van der Waals surface area contributed by atoms with Gasteiger partial charge in [-0.1, -0.05) is 0 Å². The maximum absolute atomic E-state index is 11.7. The van der Waals surface area contributed by atoms with Gasteiger partial charge < -0.3 is 10.7 Å². The van der Waals surface area contributed by atoms with Gasteiger partial charge in [-0.3, -0.25) is 4.79 Å². The Kier molecular flexibility index (Phi) is 3.43. The molecule has 0 aromatic carbocycles. The molecule has 0 spiro atoms. The molecule has 82 valence electrons. The van der Waals surface area contributed by atoms with E-state index in [0.29, 0.717) is 6.54 Å². The average Bonchev–Trinajstić information content (AvgIpc) is 2.26. The average molecular weight is 225 g/mol. The third kappa shape index (κ3) is 2.41. The van der Waals surface area contributed by atoms with Crippen molar-refractivity contribution in [1.29, 1.82) is 0 Å². The van der Waals surface area contributed by atoms with Gasteiger partial charge in [-0.25, -0.2) is 4.98 Å². The summed E-state index contributed by atoms with van der Waals surface area (Å²) in [5, 5.41) is 0. The number of fused-ring (bicyclic) bond motifs is 1. The molecule has 5 heteroatoms. The monoisotopic (exact) mass is 225 g/mol. The van der Waals surface area contributed by atoms with Crippen molar-refractivity contribution in [2.75, 3.05) is 12.3 Å². The number of nitrogens with zero attached hydrogens (tertiary/aromatic N) is 1. The topological polar surface area (TPSA) is 71.8 Å². The van der Waals surface area contributed by atoms with Gasteiger partial charge in [-0.2, -0.15) is 11.8 Å². The molecule has 0 fully saturated rings. The fraction of sp³-hybridized carbons (Fsp3) is 0.600. The predicted octanol–water partition coefficient (Wildman–Crippen LogP) is 0.451. The number of aryl methyl sites for hydroxylation is 2. The molecule has 2 heterocycles. The van der Waals surface area contributed by atoms with Crippen LogP contribution >= 0.6 is 11.8 Å². The molecule has 1 aromatic heterocycles. The van der Waals surface area contributed by atoms with Gasteiger partial charge in [-0.15, -0.1) is 0 Å². The number of rotatable bonds is 3. The summed E-state index contributed by atoms with van der Waals surface area (Å²) >= 11 is 1.80. The molecular weight excluding hydrogens is 210 g/mol. The van der Waals surface area contributed by atoms with Crippen molar-refractivity contribution in [3.8, 4) is 0 Å². The van der Waals surface area contributed by atoms with Crippen LogP contribution in [0.5, 0.6) is 0 Å². The highest BCUT2D eigenvalue weighted by atomic mass is 32.2. The minimum Gasteiger partial charge on any atom is -0.330 e. The third-order valence-corrected chi connectivity index (χ3v) is 3.48. The van der Waals surface area contributed by atoms with Crippen molar-refractivity contribution >= 4 is 11.8 Å². The lowest BCUT2D eigenvalue weighted by atomic mass is 10.2. The summed E-state index contributed by atoms with van der Waals surface area (Å²) in [6, 6.07) is 0. The minimum absolute atomic E-state index is 0.0409. The van der Waals surface area contributed by atoms with E-state index in [2.05, 4.69) is 9.97 Å². The highest BCUT2D eigenvalue weighted by Crippen LogP contribution is 2.19. The maximum atomic E-state index is 11.7. The number of aromatic nitrogens is 2. The molecule has 0 unspecified atom stereocenters. The largest absolute Gasteiger partial charge is 0.330 e. The lowest BCUT2D eigenvalue weighted by molar-refractivity contribution is 0.756. The number of H-pyrrole nitrogens is 1. The van der Waals surface area contributed by atoms with E-state index < -0.39 is 0 Å². The molecule has 15 heavy (non-hydrogen) atoms. The van der Waals surface area contributed by atoms with E-state index in [1.807, 2.05) is 0 Å². The first kappa shape index (κ1) is 10.7. The van der Waals surface area contributed by atoms with E-state index in [0.717, 1.165) is 47.8 Å². The van der Waals surface area contributed by atoms with Crippen LogP contribution in [0.2, 0.25) is 0 Å².